The van der Waals surface area contributed by atoms with Crippen molar-refractivity contribution in [3.8, 4) is 0 Å². The molecule has 2 aromatic rings. The molecule has 0 unspecified atom stereocenters. The van der Waals surface area contributed by atoms with Gasteiger partial charge in [0, 0.05) is 19.2 Å². The molecular formula is C18H28Cl2N4O3S. The predicted molar refractivity (Wildman–Crippen MR) is 115 cm³/mol. The zero-order chi connectivity index (χ0) is 18.7. The van der Waals surface area contributed by atoms with Crippen LogP contribution in [0.5, 0.6) is 0 Å². The zero-order valence-corrected chi connectivity index (χ0v) is 18.6. The van der Waals surface area contributed by atoms with Crippen molar-refractivity contribution >= 4 is 34.7 Å². The lowest BCUT2D eigenvalue weighted by Gasteiger charge is -2.21. The summed E-state index contributed by atoms with van der Waals surface area (Å²) in [7, 11) is -3.22. The van der Waals surface area contributed by atoms with Crippen molar-refractivity contribution in [2.45, 2.75) is 44.2 Å². The van der Waals surface area contributed by atoms with E-state index in [9.17, 15) is 13.2 Å². The number of sulfone groups is 1. The Morgan fingerprint density at radius 1 is 1.14 bits per heavy atom. The number of hydrogen-bond donors (Lipinski definition) is 1. The molecule has 0 atom stereocenters. The number of nitrogens with one attached hydrogen (secondary N) is 1. The van der Waals surface area contributed by atoms with Crippen LogP contribution < -0.4 is 11.0 Å². The number of piperidine rings is 1. The Morgan fingerprint density at radius 2 is 1.75 bits per heavy atom. The second-order valence-electron chi connectivity index (χ2n) is 6.91. The van der Waals surface area contributed by atoms with Gasteiger partial charge in [-0.2, -0.15) is 5.10 Å². The third kappa shape index (κ3) is 5.83. The lowest BCUT2D eigenvalue weighted by Crippen LogP contribution is -2.30. The van der Waals surface area contributed by atoms with Gasteiger partial charge in [-0.3, -0.25) is 4.57 Å². The van der Waals surface area contributed by atoms with E-state index in [1.165, 1.54) is 10.9 Å². The molecule has 158 valence electrons. The fourth-order valence-corrected chi connectivity index (χ4v) is 4.05. The summed E-state index contributed by atoms with van der Waals surface area (Å²) in [6.45, 7) is 4.95. The van der Waals surface area contributed by atoms with Crippen LogP contribution in [0, 0.1) is 5.92 Å². The van der Waals surface area contributed by atoms with Crippen molar-refractivity contribution < 1.29 is 8.42 Å². The summed E-state index contributed by atoms with van der Waals surface area (Å²) in [4.78, 5) is 12.9. The van der Waals surface area contributed by atoms with Gasteiger partial charge in [0.1, 0.15) is 5.82 Å². The van der Waals surface area contributed by atoms with E-state index in [0.29, 0.717) is 19.0 Å². The Labute approximate surface area is 178 Å². The first-order valence-corrected chi connectivity index (χ1v) is 10.9. The Bertz CT molecular complexity index is 917. The van der Waals surface area contributed by atoms with E-state index in [-0.39, 0.29) is 35.4 Å². The van der Waals surface area contributed by atoms with Crippen LogP contribution in [0.2, 0.25) is 0 Å². The van der Waals surface area contributed by atoms with Crippen LogP contribution in [-0.4, -0.2) is 42.1 Å². The molecule has 0 radical (unpaired) electrons. The standard InChI is InChI=1S/C18H26N4O3S.2ClH/c1-3-21-17(12-14-8-10-19-11-9-14)20-22(18(21)23)13-15-4-6-16(7-5-15)26(2,24)25;;/h4-7,14,19H,3,8-13H2,1-2H3;2*1H. The molecule has 28 heavy (non-hydrogen) atoms. The van der Waals surface area contributed by atoms with Crippen LogP contribution >= 0.6 is 24.8 Å². The molecule has 10 heteroatoms. The molecule has 7 nitrogen and oxygen atoms in total. The van der Waals surface area contributed by atoms with Gasteiger partial charge in [-0.1, -0.05) is 12.1 Å². The summed E-state index contributed by atoms with van der Waals surface area (Å²) >= 11 is 0. The summed E-state index contributed by atoms with van der Waals surface area (Å²) in [6.07, 6.45) is 4.22. The smallest absolute Gasteiger partial charge is 0.317 e. The Balaban J connectivity index is 0.00000196. The molecule has 1 fully saturated rings. The average Bonchev–Trinajstić information content (AvgIpc) is 2.90. The minimum atomic E-state index is -3.22. The lowest BCUT2D eigenvalue weighted by molar-refractivity contribution is 0.362. The highest BCUT2D eigenvalue weighted by Gasteiger charge is 2.19. The molecule has 1 saturated heterocycles. The molecular weight excluding hydrogens is 423 g/mol. The predicted octanol–water partition coefficient (Wildman–Crippen LogP) is 1.90. The van der Waals surface area contributed by atoms with E-state index in [2.05, 4.69) is 10.4 Å². The number of rotatable bonds is 6. The van der Waals surface area contributed by atoms with Crippen LogP contribution in [0.15, 0.2) is 34.0 Å². The molecule has 0 saturated carbocycles. The first-order chi connectivity index (χ1) is 12.4. The SMILES string of the molecule is CCn1c(CC2CCNCC2)nn(Cc2ccc(S(C)(=O)=O)cc2)c1=O.Cl.Cl. The van der Waals surface area contributed by atoms with Crippen molar-refractivity contribution in [1.82, 2.24) is 19.7 Å². The molecule has 0 amide bonds. The van der Waals surface area contributed by atoms with Gasteiger partial charge < -0.3 is 5.32 Å². The number of aromatic nitrogens is 3. The normalized spacial score (nSPS) is 14.9. The fraction of sp³-hybridized carbons (Fsp3) is 0.556. The molecule has 0 spiro atoms. The van der Waals surface area contributed by atoms with Crippen LogP contribution in [0.25, 0.3) is 0 Å². The Morgan fingerprint density at radius 3 is 2.29 bits per heavy atom. The summed E-state index contributed by atoms with van der Waals surface area (Å²) in [5.74, 6) is 1.41. The highest BCUT2D eigenvalue weighted by atomic mass is 35.5. The van der Waals surface area contributed by atoms with Crippen molar-refractivity contribution in [3.05, 3.63) is 46.1 Å². The van der Waals surface area contributed by atoms with Crippen LogP contribution in [0.4, 0.5) is 0 Å². The van der Waals surface area contributed by atoms with Crippen molar-refractivity contribution in [3.63, 3.8) is 0 Å². The summed E-state index contributed by atoms with van der Waals surface area (Å²) < 4.78 is 26.3. The van der Waals surface area contributed by atoms with Gasteiger partial charge in [0.25, 0.3) is 0 Å². The average molecular weight is 451 g/mol. The van der Waals surface area contributed by atoms with Crippen LogP contribution in [-0.2, 0) is 29.3 Å². The number of hydrogen-bond acceptors (Lipinski definition) is 5. The first-order valence-electron chi connectivity index (χ1n) is 9.04. The minimum absolute atomic E-state index is 0. The number of halogens is 2. The van der Waals surface area contributed by atoms with Gasteiger partial charge in [0.05, 0.1) is 11.4 Å². The quantitative estimate of drug-likeness (QED) is 0.725. The molecule has 1 aromatic heterocycles. The summed E-state index contributed by atoms with van der Waals surface area (Å²) in [6, 6.07) is 6.62. The molecule has 0 aliphatic carbocycles. The van der Waals surface area contributed by atoms with E-state index in [4.69, 9.17) is 0 Å². The highest BCUT2D eigenvalue weighted by Crippen LogP contribution is 2.17. The molecule has 1 aliphatic rings. The van der Waals surface area contributed by atoms with E-state index < -0.39 is 9.84 Å². The third-order valence-electron chi connectivity index (χ3n) is 4.93. The zero-order valence-electron chi connectivity index (χ0n) is 16.1. The monoisotopic (exact) mass is 450 g/mol. The Hall–Kier alpha value is -1.35. The second kappa shape index (κ2) is 10.4. The highest BCUT2D eigenvalue weighted by molar-refractivity contribution is 7.90. The van der Waals surface area contributed by atoms with Gasteiger partial charge in [0.2, 0.25) is 0 Å². The lowest BCUT2D eigenvalue weighted by atomic mass is 9.94. The maximum absolute atomic E-state index is 12.6. The molecule has 1 aliphatic heterocycles. The number of benzene rings is 1. The summed E-state index contributed by atoms with van der Waals surface area (Å²) in [5.41, 5.74) is 0.747. The third-order valence-corrected chi connectivity index (χ3v) is 6.06. The largest absolute Gasteiger partial charge is 0.346 e. The van der Waals surface area contributed by atoms with Gasteiger partial charge in [-0.25, -0.2) is 17.9 Å². The maximum Gasteiger partial charge on any atom is 0.346 e. The maximum atomic E-state index is 12.6. The summed E-state index contributed by atoms with van der Waals surface area (Å²) in [5, 5.41) is 7.93. The van der Waals surface area contributed by atoms with E-state index in [1.807, 2.05) is 6.92 Å². The topological polar surface area (TPSA) is 86.0 Å². The van der Waals surface area contributed by atoms with Crippen molar-refractivity contribution in [1.29, 1.82) is 0 Å². The van der Waals surface area contributed by atoms with E-state index in [0.717, 1.165) is 43.7 Å². The van der Waals surface area contributed by atoms with Crippen molar-refractivity contribution in [2.24, 2.45) is 5.92 Å². The van der Waals surface area contributed by atoms with Gasteiger partial charge >= 0.3 is 5.69 Å². The minimum Gasteiger partial charge on any atom is -0.317 e. The number of nitrogens with zero attached hydrogens (tertiary/aromatic N) is 3. The van der Waals surface area contributed by atoms with E-state index >= 15 is 0 Å². The Kier molecular flexibility index (Phi) is 9.20. The molecule has 3 rings (SSSR count). The van der Waals surface area contributed by atoms with E-state index in [1.54, 1.807) is 28.8 Å². The van der Waals surface area contributed by atoms with Crippen LogP contribution in [0.3, 0.4) is 0 Å². The second-order valence-corrected chi connectivity index (χ2v) is 8.93. The van der Waals surface area contributed by atoms with Crippen molar-refractivity contribution in [2.75, 3.05) is 19.3 Å². The molecule has 1 aromatic carbocycles. The van der Waals surface area contributed by atoms with Crippen LogP contribution in [0.1, 0.15) is 31.2 Å². The van der Waals surface area contributed by atoms with Gasteiger partial charge in [-0.15, -0.1) is 24.8 Å². The van der Waals surface area contributed by atoms with Gasteiger partial charge in [0.15, 0.2) is 9.84 Å². The first kappa shape index (κ1) is 24.7. The van der Waals surface area contributed by atoms with Gasteiger partial charge in [-0.05, 0) is 56.5 Å². The fourth-order valence-electron chi connectivity index (χ4n) is 3.42. The molecule has 1 N–H and O–H groups in total. The molecule has 2 heterocycles. The molecule has 0 bridgehead atoms.